The molecule has 14 heteroatoms. The van der Waals surface area contributed by atoms with Crippen LogP contribution in [0.25, 0.3) is 0 Å². The summed E-state index contributed by atoms with van der Waals surface area (Å²) in [5, 5.41) is 11.3. The van der Waals surface area contributed by atoms with Crippen LogP contribution in [0, 0.1) is 37.8 Å². The summed E-state index contributed by atoms with van der Waals surface area (Å²) in [6.07, 6.45) is -4.37. The van der Waals surface area contributed by atoms with Gasteiger partial charge in [-0.2, -0.15) is 13.2 Å². The standard InChI is InChI=1S/C44H36S4.C26H20F3S2.C25H20NO2S2/c1-33-31-41(47(37-15-7-3-8-16-37)38-17-9-4-10-18-38)27-29-43(33)45-35-23-25-36(26-24-35)46-44-30-28-42(32-34(44)2)48(39-19-11-5-12-20-39)40-21-13-6-14-22-40;1-19-18-22(31(20-10-4-2-5-11-20)21-12-6-3-7-13-21)16-17-24(19)30-25-15-9-8-14-23(25)26(27,28)29;1-19-18-22(16-17-24(19)29-25-15-9-8-14-23(25)26(27)28)30(20-10-4-2-5-11-20)21-12-6-3-7-13-21/h3-32H,1-2H3;2-18H,1H3;2-18H,1H3/q+2;2*+1. The Morgan fingerprint density at radius 2 is 0.468 bits per heavy atom. The average Bonchev–Trinajstić information content (AvgIpc) is 0.809. The Morgan fingerprint density at radius 3 is 0.716 bits per heavy atom. The molecule has 0 saturated heterocycles. The largest absolute Gasteiger partial charge is 0.417 e. The van der Waals surface area contributed by atoms with Gasteiger partial charge in [0.2, 0.25) is 0 Å². The van der Waals surface area contributed by atoms with E-state index in [0.717, 1.165) is 43.6 Å². The molecule has 0 amide bonds. The number of halogens is 3. The van der Waals surface area contributed by atoms with Crippen molar-refractivity contribution in [3.8, 4) is 0 Å². The van der Waals surface area contributed by atoms with Gasteiger partial charge in [0.1, 0.15) is 0 Å². The van der Waals surface area contributed by atoms with Crippen LogP contribution in [0.5, 0.6) is 0 Å². The average molecular weight is 1580 g/mol. The first-order valence-corrected chi connectivity index (χ1v) is 43.4. The molecular formula is C95H76F3NO2S8+4. The van der Waals surface area contributed by atoms with Gasteiger partial charge in [0.05, 0.1) is 59.0 Å². The number of rotatable bonds is 21. The van der Waals surface area contributed by atoms with Gasteiger partial charge in [-0.25, -0.2) is 0 Å². The lowest BCUT2D eigenvalue weighted by Crippen LogP contribution is -2.06. The van der Waals surface area contributed by atoms with Gasteiger partial charge >= 0.3 is 6.18 Å². The summed E-state index contributed by atoms with van der Waals surface area (Å²) in [4.78, 5) is 34.2. The van der Waals surface area contributed by atoms with E-state index < -0.39 is 11.7 Å². The van der Waals surface area contributed by atoms with E-state index >= 15 is 0 Å². The Morgan fingerprint density at radius 1 is 0.248 bits per heavy atom. The first-order valence-electron chi connectivity index (χ1n) is 35.2. The molecule has 538 valence electrons. The molecule has 15 aromatic carbocycles. The van der Waals surface area contributed by atoms with Gasteiger partial charge in [-0.3, -0.25) is 10.1 Å². The molecule has 0 saturated carbocycles. The molecule has 0 aliphatic rings. The summed E-state index contributed by atoms with van der Waals surface area (Å²) in [5.41, 5.74) is 4.22. The number of alkyl halides is 3. The summed E-state index contributed by atoms with van der Waals surface area (Å²) in [7, 11) is -0.776. The minimum atomic E-state index is -4.37. The fourth-order valence-corrected chi connectivity index (χ4v) is 24.6. The Bertz CT molecular complexity index is 5150. The second kappa shape index (κ2) is 37.6. The molecule has 0 N–H and O–H groups in total. The van der Waals surface area contributed by atoms with Crippen LogP contribution in [0.4, 0.5) is 18.9 Å². The summed E-state index contributed by atoms with van der Waals surface area (Å²) in [6, 6.07) is 133. The number of nitrogens with zero attached hydrogens (tertiary/aromatic N) is 1. The highest BCUT2D eigenvalue weighted by Crippen LogP contribution is 2.45. The molecule has 0 atom stereocenters. The monoisotopic (exact) mass is 1580 g/mol. The molecule has 0 fully saturated rings. The maximum atomic E-state index is 13.4. The zero-order valence-electron chi connectivity index (χ0n) is 60.1. The molecule has 109 heavy (non-hydrogen) atoms. The Balaban J connectivity index is 0.000000150. The molecule has 15 aromatic rings. The summed E-state index contributed by atoms with van der Waals surface area (Å²) >= 11 is 6.29. The van der Waals surface area contributed by atoms with E-state index in [0.29, 0.717) is 4.90 Å². The van der Waals surface area contributed by atoms with Crippen LogP contribution in [0.1, 0.15) is 27.8 Å². The SMILES string of the molecule is Cc1cc([S+](c2ccccc2)c2ccccc2)ccc1Sc1ccc(Sc2ccc([S+](c3ccccc3)c3ccccc3)cc2C)cc1.Cc1cc([S+](c2ccccc2)c2ccccc2)ccc1Sc1ccccc1C(F)(F)F.Cc1cc([S+](c2ccccc2)c2ccccc2)ccc1Sc1ccccc1[N+](=O)[O-]. The topological polar surface area (TPSA) is 43.1 Å². The van der Waals surface area contributed by atoms with Gasteiger partial charge in [-0.1, -0.05) is 217 Å². The second-order valence-electron chi connectivity index (χ2n) is 25.0. The molecule has 0 aliphatic carbocycles. The van der Waals surface area contributed by atoms with E-state index in [1.165, 1.54) is 108 Å². The zero-order chi connectivity index (χ0) is 75.5. The number of benzene rings is 15. The van der Waals surface area contributed by atoms with E-state index in [4.69, 9.17) is 0 Å². The molecule has 15 rings (SSSR count). The summed E-state index contributed by atoms with van der Waals surface area (Å²) in [6.45, 7) is 8.50. The van der Waals surface area contributed by atoms with Gasteiger partial charge in [0, 0.05) is 40.3 Å². The van der Waals surface area contributed by atoms with Crippen LogP contribution in [0.2, 0.25) is 0 Å². The van der Waals surface area contributed by atoms with Crippen LogP contribution in [-0.4, -0.2) is 4.92 Å². The molecule has 0 spiro atoms. The second-order valence-corrected chi connectivity index (χ2v) is 37.5. The maximum absolute atomic E-state index is 13.4. The van der Waals surface area contributed by atoms with Crippen LogP contribution < -0.4 is 0 Å². The van der Waals surface area contributed by atoms with Crippen LogP contribution >= 0.6 is 47.0 Å². The Hall–Kier alpha value is -9.71. The van der Waals surface area contributed by atoms with Crippen molar-refractivity contribution >= 4 is 96.3 Å². The normalized spacial score (nSPS) is 11.3. The number of aryl methyl sites for hydroxylation is 4. The van der Waals surface area contributed by atoms with Crippen molar-refractivity contribution in [1.29, 1.82) is 0 Å². The van der Waals surface area contributed by atoms with Gasteiger partial charge in [0.15, 0.2) is 58.7 Å². The lowest BCUT2D eigenvalue weighted by molar-refractivity contribution is -0.387. The minimum Gasteiger partial charge on any atom is -0.258 e. The first-order chi connectivity index (χ1) is 53.2. The summed E-state index contributed by atoms with van der Waals surface area (Å²) in [5.74, 6) is 0. The van der Waals surface area contributed by atoms with E-state index in [9.17, 15) is 23.3 Å². The third-order valence-corrected chi connectivity index (χ3v) is 31.1. The number of para-hydroxylation sites is 1. The molecule has 0 radical (unpaired) electrons. The molecule has 0 heterocycles. The molecule has 0 aliphatic heterocycles. The first kappa shape index (κ1) is 77.4. The van der Waals surface area contributed by atoms with E-state index in [1.807, 2.05) is 97.2 Å². The fourth-order valence-electron chi connectivity index (χ4n) is 12.1. The Kier molecular flexibility index (Phi) is 26.7. The quantitative estimate of drug-likeness (QED) is 0.0406. The number of nitro groups is 1. The van der Waals surface area contributed by atoms with Crippen molar-refractivity contribution in [1.82, 2.24) is 0 Å². The van der Waals surface area contributed by atoms with Crippen molar-refractivity contribution < 1.29 is 18.1 Å². The minimum absolute atomic E-state index is 0.138. The van der Waals surface area contributed by atoms with Crippen LogP contribution in [0.3, 0.4) is 0 Å². The Labute approximate surface area is 666 Å². The van der Waals surface area contributed by atoms with Crippen molar-refractivity contribution in [3.63, 3.8) is 0 Å². The number of hydrogen-bond acceptors (Lipinski definition) is 6. The van der Waals surface area contributed by atoms with Crippen molar-refractivity contribution in [3.05, 3.63) is 426 Å². The number of hydrogen-bond donors (Lipinski definition) is 0. The van der Waals surface area contributed by atoms with Crippen molar-refractivity contribution in [2.24, 2.45) is 0 Å². The molecule has 0 unspecified atom stereocenters. The highest BCUT2D eigenvalue weighted by Gasteiger charge is 2.36. The molecule has 0 bridgehead atoms. The molecule has 3 nitrogen and oxygen atoms in total. The van der Waals surface area contributed by atoms with Crippen molar-refractivity contribution in [2.45, 2.75) is 132 Å². The smallest absolute Gasteiger partial charge is 0.258 e. The van der Waals surface area contributed by atoms with E-state index in [1.54, 1.807) is 24.3 Å². The zero-order valence-corrected chi connectivity index (χ0v) is 66.6. The fraction of sp³-hybridized carbons (Fsp3) is 0.0526. The van der Waals surface area contributed by atoms with Crippen LogP contribution in [-0.2, 0) is 49.8 Å². The third-order valence-electron chi connectivity index (χ3n) is 17.3. The third kappa shape index (κ3) is 20.2. The van der Waals surface area contributed by atoms with E-state index in [-0.39, 0.29) is 59.1 Å². The lowest BCUT2D eigenvalue weighted by Gasteiger charge is -2.14. The van der Waals surface area contributed by atoms with Gasteiger partial charge in [-0.05, 0) is 262 Å². The van der Waals surface area contributed by atoms with Gasteiger partial charge in [-0.15, -0.1) is 0 Å². The lowest BCUT2D eigenvalue weighted by atomic mass is 10.2. The predicted octanol–water partition coefficient (Wildman–Crippen LogP) is 28.2. The van der Waals surface area contributed by atoms with Crippen LogP contribution in [0.15, 0.2) is 486 Å². The predicted molar refractivity (Wildman–Crippen MR) is 452 cm³/mol. The number of nitro benzene ring substituents is 1. The van der Waals surface area contributed by atoms with Gasteiger partial charge < -0.3 is 0 Å². The molecule has 0 aromatic heterocycles. The van der Waals surface area contributed by atoms with Crippen molar-refractivity contribution in [2.75, 3.05) is 0 Å². The van der Waals surface area contributed by atoms with E-state index in [2.05, 4.69) is 300 Å². The highest BCUT2D eigenvalue weighted by atomic mass is 32.2. The highest BCUT2D eigenvalue weighted by molar-refractivity contribution is 8.00. The maximum Gasteiger partial charge on any atom is 0.417 e. The van der Waals surface area contributed by atoms with Gasteiger partial charge in [0.25, 0.3) is 5.69 Å². The molecular weight excluding hydrogens is 1500 g/mol. The summed E-state index contributed by atoms with van der Waals surface area (Å²) < 4.78 is 40.2.